The van der Waals surface area contributed by atoms with Crippen LogP contribution in [0.4, 0.5) is 9.59 Å². The van der Waals surface area contributed by atoms with Gasteiger partial charge in [-0.3, -0.25) is 9.59 Å². The molecule has 15 atom stereocenters. The smallest absolute Gasteiger partial charge is 0.408 e. The predicted molar refractivity (Wildman–Crippen MR) is 210 cm³/mol. The largest absolute Gasteiger partial charge is 0.458 e. The number of rotatable bonds is 8. The number of benzene rings is 1. The molecule has 1 aromatic rings. The van der Waals surface area contributed by atoms with Gasteiger partial charge in [0.25, 0.3) is 0 Å². The van der Waals surface area contributed by atoms with Gasteiger partial charge < -0.3 is 54.4 Å². The van der Waals surface area contributed by atoms with Crippen LogP contribution in [0.15, 0.2) is 30.3 Å². The number of ketones is 1. The molecule has 0 saturated carbocycles. The van der Waals surface area contributed by atoms with Gasteiger partial charge in [-0.2, -0.15) is 0 Å². The number of hydrogen-bond donors (Lipinski definition) is 4. The van der Waals surface area contributed by atoms with Crippen LogP contribution in [0.5, 0.6) is 0 Å². The van der Waals surface area contributed by atoms with Crippen molar-refractivity contribution < 1.29 is 52.7 Å². The summed E-state index contributed by atoms with van der Waals surface area (Å²) < 4.78 is 38.4. The van der Waals surface area contributed by atoms with Crippen molar-refractivity contribution in [2.45, 2.75) is 147 Å². The fourth-order valence-electron chi connectivity index (χ4n) is 9.46. The summed E-state index contributed by atoms with van der Waals surface area (Å²) in [5, 5.41) is 20.9. The van der Waals surface area contributed by atoms with Gasteiger partial charge in [0, 0.05) is 36.4 Å². The molecule has 0 spiro atoms. The normalized spacial score (nSPS) is 41.1. The fourth-order valence-corrected chi connectivity index (χ4v) is 9.46. The van der Waals surface area contributed by atoms with Gasteiger partial charge in [0.15, 0.2) is 11.9 Å². The van der Waals surface area contributed by atoms with Gasteiger partial charge in [-0.05, 0) is 79.6 Å². The molecule has 57 heavy (non-hydrogen) atoms. The van der Waals surface area contributed by atoms with Gasteiger partial charge in [0.05, 0.1) is 30.8 Å². The zero-order valence-electron chi connectivity index (χ0n) is 35.3. The van der Waals surface area contributed by atoms with Crippen molar-refractivity contribution >= 4 is 23.9 Å². The minimum Gasteiger partial charge on any atom is -0.458 e. The van der Waals surface area contributed by atoms with Gasteiger partial charge in [0.2, 0.25) is 0 Å². The van der Waals surface area contributed by atoms with E-state index in [1.807, 2.05) is 70.1 Å². The SMILES string of the molecule is CC[C@H]1OC(=O)[C@H](C)[C@H]2OCC(NCCc3ccccc3)CNC(=O)O[C@](C)(C[C@@H](C)C(=O)[C@H](C)[C@@H]3NC(=O)O[C@]13C)[C@H](O[C@@H]1O[C@H](C)C[C@H](N(C)C)[C@H]1O)[C@H]2C. The summed E-state index contributed by atoms with van der Waals surface area (Å²) in [4.78, 5) is 57.6. The highest BCUT2D eigenvalue weighted by Crippen LogP contribution is 2.42. The first-order valence-electron chi connectivity index (χ1n) is 20.6. The van der Waals surface area contributed by atoms with Crippen molar-refractivity contribution in [1.29, 1.82) is 0 Å². The number of Topliss-reactive ketones (excluding diaryl/α,β-unsaturated/α-hetero) is 1. The zero-order valence-corrected chi connectivity index (χ0v) is 35.3. The van der Waals surface area contributed by atoms with Crippen LogP contribution in [0.1, 0.15) is 80.2 Å². The van der Waals surface area contributed by atoms with Crippen LogP contribution in [0.3, 0.4) is 0 Å². The van der Waals surface area contributed by atoms with Crippen molar-refractivity contribution in [3.63, 3.8) is 0 Å². The monoisotopic (exact) mass is 802 g/mol. The first-order chi connectivity index (χ1) is 26.9. The summed E-state index contributed by atoms with van der Waals surface area (Å²) in [5.74, 6) is -3.96. The van der Waals surface area contributed by atoms with Gasteiger partial charge in [-0.25, -0.2) is 9.59 Å². The van der Waals surface area contributed by atoms with E-state index in [9.17, 15) is 24.3 Å². The number of hydrogen-bond acceptors (Lipinski definition) is 13. The van der Waals surface area contributed by atoms with Crippen LogP contribution in [0.25, 0.3) is 0 Å². The number of alkyl carbamates (subject to hydrolysis) is 2. The lowest BCUT2D eigenvalue weighted by Gasteiger charge is -2.48. The Morgan fingerprint density at radius 2 is 1.68 bits per heavy atom. The molecule has 15 heteroatoms. The van der Waals surface area contributed by atoms with Gasteiger partial charge in [-0.1, -0.05) is 58.0 Å². The maximum Gasteiger partial charge on any atom is 0.408 e. The topological polar surface area (TPSA) is 183 Å². The molecule has 4 aliphatic heterocycles. The Morgan fingerprint density at radius 3 is 2.35 bits per heavy atom. The maximum absolute atomic E-state index is 14.5. The van der Waals surface area contributed by atoms with Crippen LogP contribution in [-0.2, 0) is 44.4 Å². The molecule has 0 aliphatic carbocycles. The van der Waals surface area contributed by atoms with E-state index in [2.05, 4.69) is 16.0 Å². The lowest BCUT2D eigenvalue weighted by Crippen LogP contribution is -2.61. The second-order valence-corrected chi connectivity index (χ2v) is 17.4. The molecule has 2 bridgehead atoms. The molecule has 4 heterocycles. The summed E-state index contributed by atoms with van der Waals surface area (Å²) in [6.07, 6.45) is -5.24. The van der Waals surface area contributed by atoms with Crippen molar-refractivity contribution in [2.24, 2.45) is 23.7 Å². The molecule has 1 aromatic carbocycles. The van der Waals surface area contributed by atoms with Crippen LogP contribution >= 0.6 is 0 Å². The number of fused-ring (bicyclic) bond motifs is 4. The lowest BCUT2D eigenvalue weighted by atomic mass is 9.73. The molecule has 15 nitrogen and oxygen atoms in total. The van der Waals surface area contributed by atoms with Crippen LogP contribution in [0.2, 0.25) is 0 Å². The number of likely N-dealkylation sites (N-methyl/N-ethyl adjacent to an activating group) is 1. The highest BCUT2D eigenvalue weighted by atomic mass is 16.7. The number of cyclic esters (lactones) is 1. The van der Waals surface area contributed by atoms with Crippen LogP contribution in [0, 0.1) is 23.7 Å². The second-order valence-electron chi connectivity index (χ2n) is 17.4. The number of ether oxygens (including phenoxy) is 6. The molecule has 0 aromatic heterocycles. The van der Waals surface area contributed by atoms with E-state index in [1.165, 1.54) is 0 Å². The zero-order chi connectivity index (χ0) is 41.8. The molecular formula is C42H66N4O11. The van der Waals surface area contributed by atoms with Gasteiger partial charge in [0.1, 0.15) is 29.7 Å². The average Bonchev–Trinajstić information content (AvgIpc) is 3.47. The molecule has 4 saturated heterocycles. The van der Waals surface area contributed by atoms with E-state index in [4.69, 9.17) is 28.4 Å². The highest BCUT2D eigenvalue weighted by molar-refractivity contribution is 5.85. The third kappa shape index (κ3) is 10.1. The molecule has 5 rings (SSSR count). The minimum absolute atomic E-state index is 0.00613. The van der Waals surface area contributed by atoms with Crippen molar-refractivity contribution in [3.05, 3.63) is 35.9 Å². The van der Waals surface area contributed by atoms with E-state index in [-0.39, 0.29) is 43.5 Å². The Kier molecular flexibility index (Phi) is 14.7. The van der Waals surface area contributed by atoms with E-state index >= 15 is 0 Å². The molecular weight excluding hydrogens is 736 g/mol. The number of nitrogens with zero attached hydrogens (tertiary/aromatic N) is 1. The number of carbonyl (C=O) groups excluding carboxylic acids is 4. The Labute approximate surface area is 337 Å². The summed E-state index contributed by atoms with van der Waals surface area (Å²) in [6, 6.07) is 8.50. The van der Waals surface area contributed by atoms with Crippen molar-refractivity contribution in [2.75, 3.05) is 33.8 Å². The summed E-state index contributed by atoms with van der Waals surface area (Å²) in [5.41, 5.74) is -1.76. The van der Waals surface area contributed by atoms with E-state index in [0.29, 0.717) is 19.4 Å². The van der Waals surface area contributed by atoms with Gasteiger partial charge in [-0.15, -0.1) is 0 Å². The number of esters is 1. The summed E-state index contributed by atoms with van der Waals surface area (Å²) in [6.45, 7) is 15.0. The quantitative estimate of drug-likeness (QED) is 0.221. The number of carbonyl (C=O) groups is 4. The standard InChI is InChI=1S/C42H66N4O11/c1-11-31-42(8)35(45-40(51)57-42)25(4)32(47)23(2)20-41(7)36(55-38-33(48)30(46(9)10)19-24(3)53-38)26(5)34(27(6)37(49)54-31)52-22-29(21-44-39(50)56-41)43-18-17-28-15-13-12-14-16-28/h12-16,23-27,29-31,33-36,38,43,48H,11,17-22H2,1-10H3,(H,44,50)(H,45,51)/t23-,24-,25+,26+,27-,29?,30+,31-,33-,34+,35+,36-,38+,41-,42-/m1/s1. The summed E-state index contributed by atoms with van der Waals surface area (Å²) >= 11 is 0. The molecule has 320 valence electrons. The van der Waals surface area contributed by atoms with E-state index in [1.54, 1.807) is 34.6 Å². The molecule has 4 N–H and O–H groups in total. The van der Waals surface area contributed by atoms with Crippen LogP contribution < -0.4 is 16.0 Å². The van der Waals surface area contributed by atoms with Crippen LogP contribution in [-0.4, -0.2) is 134 Å². The maximum atomic E-state index is 14.5. The lowest BCUT2D eigenvalue weighted by molar-refractivity contribution is -0.299. The number of aliphatic hydroxyl groups is 1. The van der Waals surface area contributed by atoms with E-state index in [0.717, 1.165) is 12.0 Å². The number of nitrogens with one attached hydrogen (secondary N) is 3. The molecule has 4 fully saturated rings. The first-order valence-corrected chi connectivity index (χ1v) is 20.6. The molecule has 1 unspecified atom stereocenters. The Morgan fingerprint density at radius 1 is 0.982 bits per heavy atom. The number of amides is 2. The van der Waals surface area contributed by atoms with E-state index < -0.39 is 89.8 Å². The fraction of sp³-hybridized carbons (Fsp3) is 0.762. The van der Waals surface area contributed by atoms with Crippen molar-refractivity contribution in [3.8, 4) is 0 Å². The summed E-state index contributed by atoms with van der Waals surface area (Å²) in [7, 11) is 3.75. The van der Waals surface area contributed by atoms with Crippen molar-refractivity contribution in [1.82, 2.24) is 20.9 Å². The second kappa shape index (κ2) is 18.7. The minimum atomic E-state index is -1.55. The molecule has 2 amide bonds. The Balaban J connectivity index is 1.59. The average molecular weight is 803 g/mol. The molecule has 0 radical (unpaired) electrons. The Hall–Kier alpha value is -3.34. The third-order valence-electron chi connectivity index (χ3n) is 12.6. The highest BCUT2D eigenvalue weighted by Gasteiger charge is 2.58. The predicted octanol–water partition coefficient (Wildman–Crippen LogP) is 3.59. The van der Waals surface area contributed by atoms with Gasteiger partial charge >= 0.3 is 18.2 Å². The molecule has 4 aliphatic rings. The third-order valence-corrected chi connectivity index (χ3v) is 12.6. The number of aliphatic hydroxyl groups excluding tert-OH is 1. The Bertz CT molecular complexity index is 1550. The first kappa shape index (κ1) is 44.8.